The molecule has 3 aromatic rings. The molecule has 5 atom stereocenters. The number of carbonyl (C=O) groups excluding carboxylic acids is 2. The van der Waals surface area contributed by atoms with Crippen LogP contribution >= 0.6 is 0 Å². The van der Waals surface area contributed by atoms with Crippen LogP contribution in [-0.2, 0) is 11.4 Å². The van der Waals surface area contributed by atoms with E-state index in [1.807, 2.05) is 41.2 Å². The lowest BCUT2D eigenvalue weighted by Gasteiger charge is -2.59. The van der Waals surface area contributed by atoms with Gasteiger partial charge in [-0.15, -0.1) is 5.10 Å². The van der Waals surface area contributed by atoms with E-state index >= 15 is 0 Å². The molecule has 0 unspecified atom stereocenters. The fraction of sp³-hybridized carbons (Fsp3) is 0.455. The van der Waals surface area contributed by atoms with Crippen molar-refractivity contribution in [1.82, 2.24) is 24.8 Å². The van der Waals surface area contributed by atoms with Crippen LogP contribution in [0.15, 0.2) is 60.8 Å². The zero-order valence-corrected chi connectivity index (χ0v) is 23.7. The number of aromatic nitrogens is 3. The van der Waals surface area contributed by atoms with Gasteiger partial charge in [0.2, 0.25) is 5.91 Å². The smallest absolute Gasteiger partial charge is 0.224 e. The van der Waals surface area contributed by atoms with Gasteiger partial charge in [0.15, 0.2) is 5.78 Å². The molecular formula is C33H37N5O4. The van der Waals surface area contributed by atoms with Crippen molar-refractivity contribution in [1.29, 1.82) is 0 Å². The molecule has 0 radical (unpaired) electrons. The van der Waals surface area contributed by atoms with Crippen molar-refractivity contribution in [2.75, 3.05) is 19.6 Å². The van der Waals surface area contributed by atoms with Crippen LogP contribution < -0.4 is 4.74 Å². The van der Waals surface area contributed by atoms with Crippen molar-refractivity contribution in [3.05, 3.63) is 77.6 Å². The van der Waals surface area contributed by atoms with Gasteiger partial charge in [0.1, 0.15) is 23.8 Å². The van der Waals surface area contributed by atoms with E-state index in [-0.39, 0.29) is 41.7 Å². The number of amides is 1. The molecule has 42 heavy (non-hydrogen) atoms. The summed E-state index contributed by atoms with van der Waals surface area (Å²) in [6, 6.07) is 15.1. The Labute approximate surface area is 245 Å². The van der Waals surface area contributed by atoms with Crippen molar-refractivity contribution >= 4 is 17.8 Å². The van der Waals surface area contributed by atoms with Crippen LogP contribution in [0, 0.1) is 11.8 Å². The van der Waals surface area contributed by atoms with E-state index in [0.29, 0.717) is 35.7 Å². The maximum Gasteiger partial charge on any atom is 0.224 e. The fourth-order valence-corrected chi connectivity index (χ4v) is 7.82. The van der Waals surface area contributed by atoms with Gasteiger partial charge in [-0.05, 0) is 80.8 Å². The highest BCUT2D eigenvalue weighted by Gasteiger charge is 2.52. The fourth-order valence-electron chi connectivity index (χ4n) is 7.82. The predicted molar refractivity (Wildman–Crippen MR) is 157 cm³/mol. The van der Waals surface area contributed by atoms with Crippen LogP contribution in [0.1, 0.15) is 66.2 Å². The summed E-state index contributed by atoms with van der Waals surface area (Å²) >= 11 is 0. The number of ether oxygens (including phenoxy) is 1. The van der Waals surface area contributed by atoms with Gasteiger partial charge >= 0.3 is 0 Å². The lowest BCUT2D eigenvalue weighted by atomic mass is 9.67. The molecule has 0 saturated carbocycles. The molecule has 218 valence electrons. The minimum Gasteiger partial charge on any atom is -0.507 e. The number of hydrogen-bond acceptors (Lipinski definition) is 7. The van der Waals surface area contributed by atoms with Crippen molar-refractivity contribution < 1.29 is 19.4 Å². The number of phenolic OH excluding ortho intramolecular Hbond substituents is 1. The van der Waals surface area contributed by atoms with E-state index in [1.165, 1.54) is 50.9 Å². The number of fused-ring (bicyclic) bond motifs is 2. The average Bonchev–Trinajstić information content (AvgIpc) is 3.49. The highest BCUT2D eigenvalue weighted by molar-refractivity contribution is 6.08. The Bertz CT molecular complexity index is 1480. The number of allylic oxidation sites excluding steroid dienone is 1. The number of phenols is 1. The molecule has 5 heterocycles. The quantitative estimate of drug-likeness (QED) is 0.332. The second-order valence-corrected chi connectivity index (χ2v) is 12.2. The first-order valence-corrected chi connectivity index (χ1v) is 15.2. The average molecular weight is 568 g/mol. The van der Waals surface area contributed by atoms with Crippen molar-refractivity contribution in [3.63, 3.8) is 0 Å². The van der Waals surface area contributed by atoms with Crippen molar-refractivity contribution in [2.45, 2.75) is 63.3 Å². The maximum atomic E-state index is 13.4. The number of aromatic hydroxyl groups is 1. The molecule has 4 fully saturated rings. The summed E-state index contributed by atoms with van der Waals surface area (Å²) in [6.45, 7) is 3.48. The normalized spacial score (nSPS) is 27.5. The van der Waals surface area contributed by atoms with Gasteiger partial charge in [0.05, 0.1) is 17.8 Å². The molecule has 0 spiro atoms. The number of rotatable bonds is 7. The van der Waals surface area contributed by atoms with Gasteiger partial charge in [0, 0.05) is 31.1 Å². The van der Waals surface area contributed by atoms with Crippen LogP contribution in [0.25, 0.3) is 6.08 Å². The summed E-state index contributed by atoms with van der Waals surface area (Å²) in [7, 11) is 0. The Morgan fingerprint density at radius 1 is 1.10 bits per heavy atom. The van der Waals surface area contributed by atoms with Gasteiger partial charge in [-0.1, -0.05) is 41.6 Å². The summed E-state index contributed by atoms with van der Waals surface area (Å²) in [5, 5.41) is 19.2. The molecule has 1 aromatic heterocycles. The molecule has 0 bridgehead atoms. The third-order valence-corrected chi connectivity index (χ3v) is 9.70. The molecule has 4 aliphatic rings. The SMILES string of the molecule is O=C(/C=C/c1ccccc1)c1ccc(OCc2cn([C@H]3CC(=O)N4C[C@@H]5CCCN6CCC[C@@H]([C@H]56)[C@H]4C3)nn2)cc1O. The minimum atomic E-state index is -0.288. The summed E-state index contributed by atoms with van der Waals surface area (Å²) < 4.78 is 7.72. The number of ketones is 1. The molecule has 7 rings (SSSR count). The van der Waals surface area contributed by atoms with E-state index in [1.54, 1.807) is 18.2 Å². The van der Waals surface area contributed by atoms with Gasteiger partial charge < -0.3 is 14.7 Å². The molecular weight excluding hydrogens is 530 g/mol. The number of nitrogens with zero attached hydrogens (tertiary/aromatic N) is 5. The largest absolute Gasteiger partial charge is 0.507 e. The van der Waals surface area contributed by atoms with E-state index < -0.39 is 0 Å². The highest BCUT2D eigenvalue weighted by Crippen LogP contribution is 2.46. The number of carbonyl (C=O) groups is 2. The van der Waals surface area contributed by atoms with E-state index in [9.17, 15) is 14.7 Å². The van der Waals surface area contributed by atoms with Crippen LogP contribution in [-0.4, -0.2) is 73.3 Å². The molecule has 1 N–H and O–H groups in total. The molecule has 2 aromatic carbocycles. The maximum absolute atomic E-state index is 13.4. The number of piperidine rings is 4. The second-order valence-electron chi connectivity index (χ2n) is 12.2. The van der Waals surface area contributed by atoms with Gasteiger partial charge in [-0.2, -0.15) is 0 Å². The van der Waals surface area contributed by atoms with Gasteiger partial charge in [-0.25, -0.2) is 4.68 Å². The first-order chi connectivity index (χ1) is 20.5. The Morgan fingerprint density at radius 3 is 2.76 bits per heavy atom. The van der Waals surface area contributed by atoms with Crippen LogP contribution in [0.2, 0.25) is 0 Å². The molecule has 4 aliphatic heterocycles. The third kappa shape index (κ3) is 5.22. The standard InChI is InChI=1S/C33H37N5O4/c39-30(13-10-22-6-2-1-3-7-22)28-12-11-26(18-31(28)40)42-21-24-20-38(35-34-24)25-16-29-27-9-5-15-36-14-4-8-23(33(27)36)19-37(29)32(41)17-25/h1-3,6-7,10-13,18,20,23,25,27,29,33,40H,4-5,8-9,14-17,19,21H2/b13-10+/t23-,25+,27+,29+,33-/m0/s1. The lowest BCUT2D eigenvalue weighted by Crippen LogP contribution is -2.67. The van der Waals surface area contributed by atoms with E-state index in [4.69, 9.17) is 4.74 Å². The second kappa shape index (κ2) is 11.4. The molecule has 9 heteroatoms. The Morgan fingerprint density at radius 2 is 1.93 bits per heavy atom. The summed E-state index contributed by atoms with van der Waals surface area (Å²) in [5.74, 6) is 1.41. The van der Waals surface area contributed by atoms with Crippen LogP contribution in [0.5, 0.6) is 11.5 Å². The molecule has 9 nitrogen and oxygen atoms in total. The molecule has 1 amide bonds. The summed E-state index contributed by atoms with van der Waals surface area (Å²) in [4.78, 5) is 30.9. The van der Waals surface area contributed by atoms with Gasteiger partial charge in [0.25, 0.3) is 0 Å². The first-order valence-electron chi connectivity index (χ1n) is 15.2. The summed E-state index contributed by atoms with van der Waals surface area (Å²) in [6.07, 6.45) is 11.3. The predicted octanol–water partition coefficient (Wildman–Crippen LogP) is 4.50. The molecule has 0 aliphatic carbocycles. The zero-order chi connectivity index (χ0) is 28.6. The Balaban J connectivity index is 0.985. The topological polar surface area (TPSA) is 101 Å². The first kappa shape index (κ1) is 26.9. The highest BCUT2D eigenvalue weighted by atomic mass is 16.5. The van der Waals surface area contributed by atoms with Crippen LogP contribution in [0.3, 0.4) is 0 Å². The summed E-state index contributed by atoms with van der Waals surface area (Å²) in [5.41, 5.74) is 1.76. The molecule has 4 saturated heterocycles. The van der Waals surface area contributed by atoms with Gasteiger partial charge in [-0.3, -0.25) is 14.5 Å². The monoisotopic (exact) mass is 567 g/mol. The minimum absolute atomic E-state index is 0.00574. The Hall–Kier alpha value is -3.98. The zero-order valence-electron chi connectivity index (χ0n) is 23.7. The lowest BCUT2D eigenvalue weighted by molar-refractivity contribution is -0.153. The third-order valence-electron chi connectivity index (χ3n) is 9.70. The van der Waals surface area contributed by atoms with E-state index in [2.05, 4.69) is 20.1 Å². The van der Waals surface area contributed by atoms with Crippen molar-refractivity contribution in [2.24, 2.45) is 11.8 Å². The number of hydrogen-bond donors (Lipinski definition) is 1. The number of benzene rings is 2. The van der Waals surface area contributed by atoms with E-state index in [0.717, 1.165) is 18.5 Å². The van der Waals surface area contributed by atoms with Crippen molar-refractivity contribution in [3.8, 4) is 11.5 Å². The Kier molecular flexibility index (Phi) is 7.27. The van der Waals surface area contributed by atoms with Crippen LogP contribution in [0.4, 0.5) is 0 Å².